The molecule has 2 fully saturated rings. The molecule has 2 N–H and O–H groups in total. The Labute approximate surface area is 133 Å². The number of amides is 1. The van der Waals surface area contributed by atoms with Crippen molar-refractivity contribution < 1.29 is 9.53 Å². The van der Waals surface area contributed by atoms with Gasteiger partial charge in [-0.1, -0.05) is 28.1 Å². The first-order valence-corrected chi connectivity index (χ1v) is 8.34. The summed E-state index contributed by atoms with van der Waals surface area (Å²) in [6.07, 6.45) is 2.71. The van der Waals surface area contributed by atoms with Crippen molar-refractivity contribution in [3.8, 4) is 0 Å². The van der Waals surface area contributed by atoms with Gasteiger partial charge in [0.1, 0.15) is 6.10 Å². The first-order valence-electron chi connectivity index (χ1n) is 7.55. The fourth-order valence-corrected chi connectivity index (χ4v) is 3.49. The maximum atomic E-state index is 12.6. The van der Waals surface area contributed by atoms with E-state index in [2.05, 4.69) is 15.9 Å². The predicted octanol–water partition coefficient (Wildman–Crippen LogP) is 2.48. The summed E-state index contributed by atoms with van der Waals surface area (Å²) in [4.78, 5) is 14.5. The van der Waals surface area contributed by atoms with Crippen LogP contribution in [0.5, 0.6) is 0 Å². The molecule has 0 bridgehead atoms. The van der Waals surface area contributed by atoms with Crippen LogP contribution in [0.25, 0.3) is 0 Å². The van der Waals surface area contributed by atoms with E-state index in [1.165, 1.54) is 0 Å². The van der Waals surface area contributed by atoms with Gasteiger partial charge in [-0.2, -0.15) is 0 Å². The second kappa shape index (κ2) is 6.46. The SMILES string of the molecule is N[C@@H]1CC[C@H](C(=O)N2CCO[C@@H](c3ccc(Br)cc3)C2)C1. The smallest absolute Gasteiger partial charge is 0.225 e. The minimum atomic E-state index is -0.0223. The highest BCUT2D eigenvalue weighted by Crippen LogP contribution is 2.29. The maximum Gasteiger partial charge on any atom is 0.225 e. The molecule has 0 unspecified atom stereocenters. The fraction of sp³-hybridized carbons (Fsp3) is 0.562. The summed E-state index contributed by atoms with van der Waals surface area (Å²) in [5.41, 5.74) is 7.05. The average molecular weight is 353 g/mol. The number of morpholine rings is 1. The minimum Gasteiger partial charge on any atom is -0.370 e. The molecule has 0 aromatic heterocycles. The number of nitrogens with zero attached hydrogens (tertiary/aromatic N) is 1. The number of halogens is 1. The third kappa shape index (κ3) is 3.47. The van der Waals surface area contributed by atoms with Gasteiger partial charge in [0.15, 0.2) is 0 Å². The monoisotopic (exact) mass is 352 g/mol. The van der Waals surface area contributed by atoms with Crippen LogP contribution in [0.15, 0.2) is 28.7 Å². The Morgan fingerprint density at radius 2 is 2.05 bits per heavy atom. The van der Waals surface area contributed by atoms with E-state index in [0.717, 1.165) is 29.3 Å². The van der Waals surface area contributed by atoms with Gasteiger partial charge >= 0.3 is 0 Å². The summed E-state index contributed by atoms with van der Waals surface area (Å²) in [5, 5.41) is 0. The van der Waals surface area contributed by atoms with Gasteiger partial charge in [-0.3, -0.25) is 4.79 Å². The van der Waals surface area contributed by atoms with Gasteiger partial charge in [0.2, 0.25) is 5.91 Å². The van der Waals surface area contributed by atoms with Gasteiger partial charge in [-0.25, -0.2) is 0 Å². The molecule has 1 aromatic carbocycles. The highest BCUT2D eigenvalue weighted by molar-refractivity contribution is 9.10. The summed E-state index contributed by atoms with van der Waals surface area (Å²) in [5.74, 6) is 0.372. The van der Waals surface area contributed by atoms with Crippen molar-refractivity contribution in [2.75, 3.05) is 19.7 Å². The lowest BCUT2D eigenvalue weighted by molar-refractivity contribution is -0.143. The number of carbonyl (C=O) groups is 1. The van der Waals surface area contributed by atoms with Crippen LogP contribution in [0, 0.1) is 5.92 Å². The Morgan fingerprint density at radius 3 is 2.71 bits per heavy atom. The number of rotatable bonds is 2. The second-order valence-corrected chi connectivity index (χ2v) is 6.88. The van der Waals surface area contributed by atoms with Crippen LogP contribution in [0.3, 0.4) is 0 Å². The van der Waals surface area contributed by atoms with Crippen molar-refractivity contribution >= 4 is 21.8 Å². The number of nitrogens with two attached hydrogens (primary N) is 1. The van der Waals surface area contributed by atoms with Crippen LogP contribution in [-0.2, 0) is 9.53 Å². The van der Waals surface area contributed by atoms with Crippen LogP contribution in [0.2, 0.25) is 0 Å². The van der Waals surface area contributed by atoms with Gasteiger partial charge in [0, 0.05) is 23.0 Å². The van der Waals surface area contributed by atoms with Gasteiger partial charge < -0.3 is 15.4 Å². The van der Waals surface area contributed by atoms with Crippen molar-refractivity contribution in [3.63, 3.8) is 0 Å². The van der Waals surface area contributed by atoms with E-state index in [-0.39, 0.29) is 24.0 Å². The third-order valence-corrected chi connectivity index (χ3v) is 4.97. The fourth-order valence-electron chi connectivity index (χ4n) is 3.23. The first-order chi connectivity index (χ1) is 10.1. The zero-order valence-corrected chi connectivity index (χ0v) is 13.6. The average Bonchev–Trinajstić information content (AvgIpc) is 2.94. The van der Waals surface area contributed by atoms with E-state index in [1.807, 2.05) is 29.2 Å². The van der Waals surface area contributed by atoms with E-state index < -0.39 is 0 Å². The zero-order valence-electron chi connectivity index (χ0n) is 12.0. The van der Waals surface area contributed by atoms with Crippen LogP contribution in [0.1, 0.15) is 30.9 Å². The number of hydrogen-bond acceptors (Lipinski definition) is 3. The van der Waals surface area contributed by atoms with E-state index in [0.29, 0.717) is 19.7 Å². The maximum absolute atomic E-state index is 12.6. The quantitative estimate of drug-likeness (QED) is 0.889. The summed E-state index contributed by atoms with van der Waals surface area (Å²) >= 11 is 3.44. The normalized spacial score (nSPS) is 29.6. The van der Waals surface area contributed by atoms with E-state index >= 15 is 0 Å². The van der Waals surface area contributed by atoms with Crippen LogP contribution < -0.4 is 5.73 Å². The van der Waals surface area contributed by atoms with E-state index in [4.69, 9.17) is 10.5 Å². The highest BCUT2D eigenvalue weighted by atomic mass is 79.9. The molecule has 3 rings (SSSR count). The molecule has 5 heteroatoms. The Kier molecular flexibility index (Phi) is 4.62. The van der Waals surface area contributed by atoms with Gasteiger partial charge in [-0.05, 0) is 37.0 Å². The number of carbonyl (C=O) groups excluding carboxylic acids is 1. The number of benzene rings is 1. The lowest BCUT2D eigenvalue weighted by atomic mass is 10.0. The molecule has 1 aliphatic carbocycles. The molecule has 4 nitrogen and oxygen atoms in total. The number of ether oxygens (including phenoxy) is 1. The van der Waals surface area contributed by atoms with Crippen molar-refractivity contribution in [2.45, 2.75) is 31.4 Å². The molecule has 0 radical (unpaired) electrons. The Hall–Kier alpha value is -0.910. The molecular formula is C16H21BrN2O2. The summed E-state index contributed by atoms with van der Waals surface area (Å²) in [6, 6.07) is 8.31. The minimum absolute atomic E-state index is 0.0223. The largest absolute Gasteiger partial charge is 0.370 e. The van der Waals surface area contributed by atoms with Crippen molar-refractivity contribution in [1.29, 1.82) is 0 Å². The summed E-state index contributed by atoms with van der Waals surface area (Å²) < 4.78 is 6.89. The molecule has 1 saturated carbocycles. The van der Waals surface area contributed by atoms with Crippen molar-refractivity contribution in [1.82, 2.24) is 4.90 Å². The van der Waals surface area contributed by atoms with Gasteiger partial charge in [0.25, 0.3) is 0 Å². The molecule has 3 atom stereocenters. The van der Waals surface area contributed by atoms with Crippen LogP contribution >= 0.6 is 15.9 Å². The Balaban J connectivity index is 1.65. The Morgan fingerprint density at radius 1 is 1.29 bits per heavy atom. The van der Waals surface area contributed by atoms with Crippen molar-refractivity contribution in [3.05, 3.63) is 34.3 Å². The lowest BCUT2D eigenvalue weighted by Gasteiger charge is -2.34. The standard InChI is InChI=1S/C16H21BrN2O2/c17-13-4-1-11(2-5-13)15-10-19(7-8-21-15)16(20)12-3-6-14(18)9-12/h1-2,4-5,12,14-15H,3,6-10,18H2/t12-,14+,15+/m0/s1. The predicted molar refractivity (Wildman–Crippen MR) is 84.7 cm³/mol. The Bertz CT molecular complexity index is 506. The van der Waals surface area contributed by atoms with Crippen LogP contribution in [-0.4, -0.2) is 36.5 Å². The molecule has 114 valence electrons. The molecule has 1 amide bonds. The molecule has 2 aliphatic rings. The van der Waals surface area contributed by atoms with E-state index in [9.17, 15) is 4.79 Å². The van der Waals surface area contributed by atoms with Crippen LogP contribution in [0.4, 0.5) is 0 Å². The lowest BCUT2D eigenvalue weighted by Crippen LogP contribution is -2.44. The van der Waals surface area contributed by atoms with Crippen molar-refractivity contribution in [2.24, 2.45) is 11.7 Å². The topological polar surface area (TPSA) is 55.6 Å². The molecule has 1 saturated heterocycles. The second-order valence-electron chi connectivity index (χ2n) is 5.97. The molecule has 0 spiro atoms. The summed E-state index contributed by atoms with van der Waals surface area (Å²) in [6.45, 7) is 1.94. The zero-order chi connectivity index (χ0) is 14.8. The summed E-state index contributed by atoms with van der Waals surface area (Å²) in [7, 11) is 0. The molecule has 1 aliphatic heterocycles. The van der Waals surface area contributed by atoms with E-state index in [1.54, 1.807) is 0 Å². The number of hydrogen-bond donors (Lipinski definition) is 1. The molecule has 21 heavy (non-hydrogen) atoms. The first kappa shape index (κ1) is 15.0. The molecule has 1 heterocycles. The third-order valence-electron chi connectivity index (χ3n) is 4.44. The highest BCUT2D eigenvalue weighted by Gasteiger charge is 2.33. The van der Waals surface area contributed by atoms with Gasteiger partial charge in [-0.15, -0.1) is 0 Å². The molecular weight excluding hydrogens is 332 g/mol. The molecule has 1 aromatic rings. The van der Waals surface area contributed by atoms with Gasteiger partial charge in [0.05, 0.1) is 13.2 Å².